The maximum absolute atomic E-state index is 12.3. The summed E-state index contributed by atoms with van der Waals surface area (Å²) >= 11 is 0. The molecule has 1 aromatic carbocycles. The first-order valence-corrected chi connectivity index (χ1v) is 5.12. The maximum atomic E-state index is 12.3. The highest BCUT2D eigenvalue weighted by Gasteiger charge is 2.30. The van der Waals surface area contributed by atoms with Crippen molar-refractivity contribution in [1.82, 2.24) is 10.1 Å². The van der Waals surface area contributed by atoms with Gasteiger partial charge in [-0.05, 0) is 12.1 Å². The number of aromatic nitrogens is 2. The van der Waals surface area contributed by atoms with Gasteiger partial charge in [-0.1, -0.05) is 17.3 Å². The standard InChI is InChI=1S/C11H9F3N2O2/c12-11(13,14)8-3-1-7(2-4-8)10-15-9(5-6-17)18-16-10/h1-4,17H,5-6H2. The highest BCUT2D eigenvalue weighted by molar-refractivity contribution is 5.54. The lowest BCUT2D eigenvalue weighted by Gasteiger charge is -2.05. The molecule has 0 amide bonds. The average molecular weight is 258 g/mol. The van der Waals surface area contributed by atoms with Crippen LogP contribution in [0, 0.1) is 0 Å². The zero-order valence-electron chi connectivity index (χ0n) is 9.11. The minimum Gasteiger partial charge on any atom is -0.396 e. The molecule has 4 nitrogen and oxygen atoms in total. The highest BCUT2D eigenvalue weighted by Crippen LogP contribution is 2.30. The van der Waals surface area contributed by atoms with Crippen molar-refractivity contribution in [2.75, 3.05) is 6.61 Å². The summed E-state index contributed by atoms with van der Waals surface area (Å²) in [5.74, 6) is 0.444. The van der Waals surface area contributed by atoms with Crippen molar-refractivity contribution in [2.45, 2.75) is 12.6 Å². The summed E-state index contributed by atoms with van der Waals surface area (Å²) in [5.41, 5.74) is -0.304. The van der Waals surface area contributed by atoms with E-state index >= 15 is 0 Å². The number of rotatable bonds is 3. The van der Waals surface area contributed by atoms with Crippen LogP contribution in [0.5, 0.6) is 0 Å². The Morgan fingerprint density at radius 2 is 1.83 bits per heavy atom. The van der Waals surface area contributed by atoms with Crippen LogP contribution >= 0.6 is 0 Å². The number of hydrogen-bond donors (Lipinski definition) is 1. The number of alkyl halides is 3. The lowest BCUT2D eigenvalue weighted by Crippen LogP contribution is -2.04. The van der Waals surface area contributed by atoms with Crippen LogP contribution in [0.1, 0.15) is 11.5 Å². The maximum Gasteiger partial charge on any atom is 0.416 e. The van der Waals surface area contributed by atoms with Crippen LogP contribution in [0.4, 0.5) is 13.2 Å². The molecule has 1 aromatic heterocycles. The van der Waals surface area contributed by atoms with E-state index in [0.29, 0.717) is 5.56 Å². The number of aliphatic hydroxyl groups excluding tert-OH is 1. The van der Waals surface area contributed by atoms with Gasteiger partial charge in [-0.15, -0.1) is 0 Å². The van der Waals surface area contributed by atoms with Crippen LogP contribution in [0.2, 0.25) is 0 Å². The fourth-order valence-corrected chi connectivity index (χ4v) is 1.38. The quantitative estimate of drug-likeness (QED) is 0.917. The van der Waals surface area contributed by atoms with Crippen LogP contribution in [0.15, 0.2) is 28.8 Å². The smallest absolute Gasteiger partial charge is 0.396 e. The fourth-order valence-electron chi connectivity index (χ4n) is 1.38. The van der Waals surface area contributed by atoms with Gasteiger partial charge >= 0.3 is 6.18 Å². The topological polar surface area (TPSA) is 59.2 Å². The van der Waals surface area contributed by atoms with Crippen molar-refractivity contribution in [3.8, 4) is 11.4 Å². The van der Waals surface area contributed by atoms with Gasteiger partial charge in [-0.25, -0.2) is 0 Å². The SMILES string of the molecule is OCCc1nc(-c2ccc(C(F)(F)F)cc2)no1. The Kier molecular flexibility index (Phi) is 3.33. The number of benzene rings is 1. The molecule has 0 fully saturated rings. The largest absolute Gasteiger partial charge is 0.416 e. The van der Waals surface area contributed by atoms with Crippen LogP contribution in [0.25, 0.3) is 11.4 Å². The summed E-state index contributed by atoms with van der Waals surface area (Å²) in [6, 6.07) is 4.46. The van der Waals surface area contributed by atoms with Crippen LogP contribution in [-0.4, -0.2) is 21.9 Å². The highest BCUT2D eigenvalue weighted by atomic mass is 19.4. The third-order valence-corrected chi connectivity index (χ3v) is 2.26. The Morgan fingerprint density at radius 1 is 1.17 bits per heavy atom. The van der Waals surface area contributed by atoms with Gasteiger partial charge in [0.15, 0.2) is 0 Å². The minimum atomic E-state index is -4.36. The average Bonchev–Trinajstić information content (AvgIpc) is 2.77. The van der Waals surface area contributed by atoms with Crippen molar-refractivity contribution < 1.29 is 22.8 Å². The molecule has 2 rings (SSSR count). The Bertz CT molecular complexity index is 520. The molecule has 0 aliphatic rings. The van der Waals surface area contributed by atoms with Crippen LogP contribution < -0.4 is 0 Å². The molecule has 1 N–H and O–H groups in total. The number of aliphatic hydroxyl groups is 1. The van der Waals surface area contributed by atoms with Crippen LogP contribution in [-0.2, 0) is 12.6 Å². The van der Waals surface area contributed by atoms with Crippen molar-refractivity contribution in [3.63, 3.8) is 0 Å². The predicted octanol–water partition coefficient (Wildman–Crippen LogP) is 2.29. The fraction of sp³-hybridized carbons (Fsp3) is 0.273. The number of halogens is 3. The Labute approximate surface area is 100 Å². The van der Waals surface area contributed by atoms with Crippen molar-refractivity contribution >= 4 is 0 Å². The Balaban J connectivity index is 2.23. The number of nitrogens with zero attached hydrogens (tertiary/aromatic N) is 2. The second-order valence-electron chi connectivity index (χ2n) is 3.56. The van der Waals surface area contributed by atoms with Gasteiger partial charge < -0.3 is 9.63 Å². The van der Waals surface area contributed by atoms with E-state index in [1.54, 1.807) is 0 Å². The molecule has 0 unspecified atom stereocenters. The van der Waals surface area contributed by atoms with Crippen molar-refractivity contribution in [2.24, 2.45) is 0 Å². The molecule has 96 valence electrons. The summed E-state index contributed by atoms with van der Waals surface area (Å²) in [6.07, 6.45) is -4.15. The van der Waals surface area contributed by atoms with Gasteiger partial charge in [-0.3, -0.25) is 0 Å². The summed E-state index contributed by atoms with van der Waals surface area (Å²) in [5, 5.41) is 12.3. The first-order chi connectivity index (χ1) is 8.50. The Hall–Kier alpha value is -1.89. The first-order valence-electron chi connectivity index (χ1n) is 5.12. The molecule has 0 saturated heterocycles. The van der Waals surface area contributed by atoms with E-state index in [9.17, 15) is 13.2 Å². The van der Waals surface area contributed by atoms with Crippen molar-refractivity contribution in [3.05, 3.63) is 35.7 Å². The van der Waals surface area contributed by atoms with Crippen LogP contribution in [0.3, 0.4) is 0 Å². The molecule has 18 heavy (non-hydrogen) atoms. The Morgan fingerprint density at radius 3 is 2.39 bits per heavy atom. The second-order valence-corrected chi connectivity index (χ2v) is 3.56. The van der Waals surface area contributed by atoms with E-state index in [1.165, 1.54) is 12.1 Å². The van der Waals surface area contributed by atoms with E-state index in [4.69, 9.17) is 9.63 Å². The molecule has 0 aliphatic carbocycles. The molecule has 0 radical (unpaired) electrons. The molecule has 7 heteroatoms. The predicted molar refractivity (Wildman–Crippen MR) is 55.5 cm³/mol. The van der Waals surface area contributed by atoms with Gasteiger partial charge in [0.25, 0.3) is 0 Å². The third-order valence-electron chi connectivity index (χ3n) is 2.26. The minimum absolute atomic E-state index is 0.130. The van der Waals surface area contributed by atoms with Gasteiger partial charge in [-0.2, -0.15) is 18.2 Å². The van der Waals surface area contributed by atoms with Gasteiger partial charge in [0.2, 0.25) is 11.7 Å². The summed E-state index contributed by atoms with van der Waals surface area (Å²) in [4.78, 5) is 3.94. The molecular formula is C11H9F3N2O2. The zero-order valence-corrected chi connectivity index (χ0v) is 9.11. The number of hydrogen-bond acceptors (Lipinski definition) is 4. The van der Waals surface area contributed by atoms with Crippen molar-refractivity contribution in [1.29, 1.82) is 0 Å². The molecule has 0 bridgehead atoms. The molecule has 2 aromatic rings. The summed E-state index contributed by atoms with van der Waals surface area (Å²) < 4.78 is 41.9. The van der Waals surface area contributed by atoms with E-state index in [2.05, 4.69) is 10.1 Å². The summed E-state index contributed by atoms with van der Waals surface area (Å²) in [6.45, 7) is -0.130. The normalized spacial score (nSPS) is 11.8. The summed E-state index contributed by atoms with van der Waals surface area (Å²) in [7, 11) is 0. The zero-order chi connectivity index (χ0) is 13.2. The molecule has 1 heterocycles. The second kappa shape index (κ2) is 4.77. The van der Waals surface area contributed by atoms with E-state index in [0.717, 1.165) is 12.1 Å². The van der Waals surface area contributed by atoms with Gasteiger partial charge in [0.05, 0.1) is 18.6 Å². The van der Waals surface area contributed by atoms with E-state index < -0.39 is 11.7 Å². The monoisotopic (exact) mass is 258 g/mol. The molecule has 0 aliphatic heterocycles. The molecule has 0 saturated carbocycles. The van der Waals surface area contributed by atoms with E-state index in [-0.39, 0.29) is 24.7 Å². The lowest BCUT2D eigenvalue weighted by molar-refractivity contribution is -0.137. The first kappa shape index (κ1) is 12.6. The lowest BCUT2D eigenvalue weighted by atomic mass is 10.1. The third kappa shape index (κ3) is 2.67. The molecule has 0 atom stereocenters. The van der Waals surface area contributed by atoms with Gasteiger partial charge in [0, 0.05) is 5.56 Å². The van der Waals surface area contributed by atoms with E-state index in [1.807, 2.05) is 0 Å². The van der Waals surface area contributed by atoms with Gasteiger partial charge in [0.1, 0.15) is 0 Å². The molecular weight excluding hydrogens is 249 g/mol. The molecule has 0 spiro atoms.